The van der Waals surface area contributed by atoms with E-state index in [1.807, 2.05) is 0 Å². The minimum Gasteiger partial charge on any atom is -0.292 e. The van der Waals surface area contributed by atoms with E-state index in [1.165, 1.54) is 39.1 Å². The molecule has 4 aromatic carbocycles. The van der Waals surface area contributed by atoms with Gasteiger partial charge in [-0.2, -0.15) is 0 Å². The van der Waals surface area contributed by atoms with Gasteiger partial charge in [0, 0.05) is 11.1 Å². The molecule has 0 saturated heterocycles. The third-order valence-electron chi connectivity index (χ3n) is 5.63. The lowest BCUT2D eigenvalue weighted by Crippen LogP contribution is -2.04. The van der Waals surface area contributed by atoms with Crippen LogP contribution in [0, 0.1) is 6.92 Å². The van der Waals surface area contributed by atoms with Crippen LogP contribution in [0.1, 0.15) is 5.56 Å². The van der Waals surface area contributed by atoms with Gasteiger partial charge in [-0.3, -0.25) is 4.57 Å². The number of benzene rings is 4. The van der Waals surface area contributed by atoms with Crippen LogP contribution in [0.5, 0.6) is 0 Å². The van der Waals surface area contributed by atoms with Crippen molar-refractivity contribution in [2.24, 2.45) is 0 Å². The largest absolute Gasteiger partial charge is 0.292 e. The Balaban J connectivity index is 1.88. The van der Waals surface area contributed by atoms with E-state index in [-0.39, 0.29) is 0 Å². The molecule has 1 aromatic heterocycles. The van der Waals surface area contributed by atoms with Crippen molar-refractivity contribution in [3.63, 3.8) is 0 Å². The van der Waals surface area contributed by atoms with Gasteiger partial charge in [0.15, 0.2) is 0 Å². The highest BCUT2D eigenvalue weighted by Gasteiger charge is 2.24. The Morgan fingerprint density at radius 3 is 2.11 bits per heavy atom. The third kappa shape index (κ3) is 2.06. The van der Waals surface area contributed by atoms with Crippen molar-refractivity contribution in [3.05, 3.63) is 96.6 Å². The van der Waals surface area contributed by atoms with E-state index in [4.69, 9.17) is 4.98 Å². The summed E-state index contributed by atoms with van der Waals surface area (Å²) in [7, 11) is 0. The second kappa shape index (κ2) is 5.67. The topological polar surface area (TPSA) is 17.8 Å². The smallest absolute Gasteiger partial charge is 0.146 e. The predicted octanol–water partition coefficient (Wildman–Crippen LogP) is 6.65. The SMILES string of the molecule is Cc1ccc2c(c1)-c1nc3ccccc3n1-c1ccccc1-c1ccccc1-2. The van der Waals surface area contributed by atoms with Crippen molar-refractivity contribution >= 4 is 11.0 Å². The van der Waals surface area contributed by atoms with Gasteiger partial charge in [-0.05, 0) is 47.9 Å². The fourth-order valence-electron chi connectivity index (χ4n) is 4.38. The lowest BCUT2D eigenvalue weighted by Gasteiger charge is -2.22. The van der Waals surface area contributed by atoms with Crippen molar-refractivity contribution < 1.29 is 0 Å². The molecule has 0 N–H and O–H groups in total. The predicted molar refractivity (Wildman–Crippen MR) is 116 cm³/mol. The molecular formula is C26H18N2. The monoisotopic (exact) mass is 358 g/mol. The normalized spacial score (nSPS) is 11.8. The molecule has 2 heteroatoms. The maximum absolute atomic E-state index is 5.07. The average molecular weight is 358 g/mol. The number of rotatable bonds is 0. The molecule has 0 radical (unpaired) electrons. The minimum atomic E-state index is 1.00. The van der Waals surface area contributed by atoms with E-state index in [0.717, 1.165) is 16.9 Å². The van der Waals surface area contributed by atoms with Crippen molar-refractivity contribution in [1.29, 1.82) is 0 Å². The van der Waals surface area contributed by atoms with E-state index in [9.17, 15) is 0 Å². The van der Waals surface area contributed by atoms with Crippen LogP contribution in [0.3, 0.4) is 0 Å². The molecule has 6 rings (SSSR count). The number of hydrogen-bond acceptors (Lipinski definition) is 1. The Morgan fingerprint density at radius 1 is 0.607 bits per heavy atom. The van der Waals surface area contributed by atoms with Gasteiger partial charge in [0.05, 0.1) is 16.7 Å². The van der Waals surface area contributed by atoms with Crippen LogP contribution >= 0.6 is 0 Å². The summed E-state index contributed by atoms with van der Waals surface area (Å²) >= 11 is 0. The third-order valence-corrected chi connectivity index (χ3v) is 5.63. The maximum atomic E-state index is 5.07. The first kappa shape index (κ1) is 15.4. The molecule has 0 unspecified atom stereocenters. The zero-order chi connectivity index (χ0) is 18.7. The molecule has 2 nitrogen and oxygen atoms in total. The Kier molecular flexibility index (Phi) is 3.12. The van der Waals surface area contributed by atoms with Gasteiger partial charge < -0.3 is 0 Å². The molecule has 1 aliphatic rings. The summed E-state index contributed by atoms with van der Waals surface area (Å²) in [6.45, 7) is 2.14. The second-order valence-electron chi connectivity index (χ2n) is 7.37. The minimum absolute atomic E-state index is 1.00. The number of nitrogens with zero attached hydrogens (tertiary/aromatic N) is 2. The standard InChI is InChI=1S/C26H18N2/c1-17-14-15-20-18-8-2-3-9-19(18)21-10-4-6-12-24(21)28-25-13-7-5-11-23(25)27-26(28)22(20)16-17/h2-16H,1H3. The van der Waals surface area contributed by atoms with Gasteiger partial charge in [-0.15, -0.1) is 0 Å². The van der Waals surface area contributed by atoms with Crippen LogP contribution in [0.15, 0.2) is 91.0 Å². The molecule has 0 bridgehead atoms. The number of fused-ring (bicyclic) bond motifs is 10. The van der Waals surface area contributed by atoms with E-state index < -0.39 is 0 Å². The average Bonchev–Trinajstić information content (AvgIpc) is 3.12. The maximum Gasteiger partial charge on any atom is 0.146 e. The highest BCUT2D eigenvalue weighted by molar-refractivity contribution is 5.97. The summed E-state index contributed by atoms with van der Waals surface area (Å²) in [5.74, 6) is 1.00. The molecule has 1 aliphatic heterocycles. The lowest BCUT2D eigenvalue weighted by atomic mass is 9.88. The zero-order valence-electron chi connectivity index (χ0n) is 15.6. The highest BCUT2D eigenvalue weighted by atomic mass is 15.1. The van der Waals surface area contributed by atoms with Crippen LogP contribution < -0.4 is 0 Å². The number of aryl methyl sites for hydroxylation is 1. The molecule has 28 heavy (non-hydrogen) atoms. The molecule has 132 valence electrons. The summed E-state index contributed by atoms with van der Waals surface area (Å²) in [6, 6.07) is 32.4. The molecule has 0 amide bonds. The van der Waals surface area contributed by atoms with E-state index in [1.54, 1.807) is 0 Å². The van der Waals surface area contributed by atoms with Gasteiger partial charge in [-0.25, -0.2) is 4.98 Å². The Morgan fingerprint density at radius 2 is 1.25 bits per heavy atom. The fraction of sp³-hybridized carbons (Fsp3) is 0.0385. The van der Waals surface area contributed by atoms with Gasteiger partial charge in [-0.1, -0.05) is 72.3 Å². The van der Waals surface area contributed by atoms with Gasteiger partial charge in [0.1, 0.15) is 5.82 Å². The molecular weight excluding hydrogens is 340 g/mol. The van der Waals surface area contributed by atoms with Crippen molar-refractivity contribution in [3.8, 4) is 39.3 Å². The molecule has 0 saturated carbocycles. The van der Waals surface area contributed by atoms with Gasteiger partial charge in [0.2, 0.25) is 0 Å². The van der Waals surface area contributed by atoms with E-state index in [2.05, 4.69) is 102 Å². The second-order valence-corrected chi connectivity index (χ2v) is 7.37. The summed E-state index contributed by atoms with van der Waals surface area (Å²) in [5, 5.41) is 0. The van der Waals surface area contributed by atoms with Gasteiger partial charge >= 0.3 is 0 Å². The summed E-state index contributed by atoms with van der Waals surface area (Å²) in [5.41, 5.74) is 10.7. The Labute approximate surface area is 163 Å². The van der Waals surface area contributed by atoms with E-state index in [0.29, 0.717) is 0 Å². The Bertz CT molecular complexity index is 1370. The summed E-state index contributed by atoms with van der Waals surface area (Å²) in [4.78, 5) is 5.07. The number of hydrogen-bond donors (Lipinski definition) is 0. The van der Waals surface area contributed by atoms with Crippen LogP contribution in [0.25, 0.3) is 50.4 Å². The molecule has 0 atom stereocenters. The number of para-hydroxylation sites is 3. The Hall–Kier alpha value is -3.65. The molecule has 0 aliphatic carbocycles. The van der Waals surface area contributed by atoms with Crippen molar-refractivity contribution in [2.45, 2.75) is 6.92 Å². The first-order valence-electron chi connectivity index (χ1n) is 9.59. The quantitative estimate of drug-likeness (QED) is 0.297. The first-order chi connectivity index (χ1) is 13.8. The highest BCUT2D eigenvalue weighted by Crippen LogP contribution is 2.44. The number of aromatic nitrogens is 2. The molecule has 5 aromatic rings. The molecule has 0 fully saturated rings. The number of imidazole rings is 1. The van der Waals surface area contributed by atoms with E-state index >= 15 is 0 Å². The van der Waals surface area contributed by atoms with Crippen LogP contribution in [0.4, 0.5) is 0 Å². The summed E-state index contributed by atoms with van der Waals surface area (Å²) < 4.78 is 2.32. The lowest BCUT2D eigenvalue weighted by molar-refractivity contribution is 1.10. The van der Waals surface area contributed by atoms with Crippen LogP contribution in [-0.2, 0) is 0 Å². The molecule has 0 spiro atoms. The fourth-order valence-corrected chi connectivity index (χ4v) is 4.38. The van der Waals surface area contributed by atoms with Gasteiger partial charge in [0.25, 0.3) is 0 Å². The zero-order valence-corrected chi connectivity index (χ0v) is 15.6. The first-order valence-corrected chi connectivity index (χ1v) is 9.59. The van der Waals surface area contributed by atoms with Crippen molar-refractivity contribution in [2.75, 3.05) is 0 Å². The molecule has 2 heterocycles. The van der Waals surface area contributed by atoms with Crippen molar-refractivity contribution in [1.82, 2.24) is 9.55 Å². The van der Waals surface area contributed by atoms with Crippen LogP contribution in [-0.4, -0.2) is 9.55 Å². The van der Waals surface area contributed by atoms with Crippen LogP contribution in [0.2, 0.25) is 0 Å². The summed E-state index contributed by atoms with van der Waals surface area (Å²) in [6.07, 6.45) is 0.